The molecule has 0 spiro atoms. The molecule has 1 atom stereocenters. The van der Waals surface area contributed by atoms with E-state index in [9.17, 15) is 17.6 Å². The lowest BCUT2D eigenvalue weighted by Gasteiger charge is -2.35. The van der Waals surface area contributed by atoms with Crippen molar-refractivity contribution < 1.29 is 17.6 Å². The summed E-state index contributed by atoms with van der Waals surface area (Å²) in [6, 6.07) is 6.33. The minimum atomic E-state index is -3.03. The fraction of sp³-hybridized carbons (Fsp3) is 0.632. The van der Waals surface area contributed by atoms with Crippen LogP contribution in [-0.2, 0) is 21.2 Å². The molecular formula is C19H27FN2O3S. The summed E-state index contributed by atoms with van der Waals surface area (Å²) in [5.74, 6) is -0.0419. The molecule has 1 saturated carbocycles. The molecule has 1 aliphatic carbocycles. The molecule has 1 unspecified atom stereocenters. The normalized spacial score (nSPS) is 22.8. The van der Waals surface area contributed by atoms with E-state index in [1.165, 1.54) is 12.1 Å². The fourth-order valence-corrected chi connectivity index (χ4v) is 5.91. The van der Waals surface area contributed by atoms with Crippen LogP contribution in [0.1, 0.15) is 37.7 Å². The zero-order valence-electron chi connectivity index (χ0n) is 15.2. The van der Waals surface area contributed by atoms with Gasteiger partial charge in [-0.2, -0.15) is 0 Å². The van der Waals surface area contributed by atoms with Gasteiger partial charge >= 0.3 is 0 Å². The molecule has 1 saturated heterocycles. The second-order valence-electron chi connectivity index (χ2n) is 7.60. The molecule has 7 heteroatoms. The number of halogens is 1. The Balaban J connectivity index is 1.67. The van der Waals surface area contributed by atoms with Gasteiger partial charge in [0.1, 0.15) is 5.82 Å². The highest BCUT2D eigenvalue weighted by molar-refractivity contribution is 7.91. The number of benzene rings is 1. The molecule has 1 aromatic carbocycles. The molecule has 1 heterocycles. The van der Waals surface area contributed by atoms with Crippen molar-refractivity contribution in [3.63, 3.8) is 0 Å². The van der Waals surface area contributed by atoms with Crippen molar-refractivity contribution in [2.75, 3.05) is 25.1 Å². The molecule has 5 nitrogen and oxygen atoms in total. The number of nitrogens with zero attached hydrogens (tertiary/aromatic N) is 2. The van der Waals surface area contributed by atoms with Gasteiger partial charge in [0.2, 0.25) is 5.91 Å². The van der Waals surface area contributed by atoms with E-state index in [0.29, 0.717) is 13.0 Å². The van der Waals surface area contributed by atoms with Crippen LogP contribution in [0.4, 0.5) is 4.39 Å². The van der Waals surface area contributed by atoms with E-state index in [1.54, 1.807) is 6.07 Å². The number of carbonyl (C=O) groups excluding carboxylic acids is 1. The van der Waals surface area contributed by atoms with Gasteiger partial charge in [0.05, 0.1) is 18.1 Å². The SMILES string of the molecule is CN(CC(=O)N(C1CCCC1)C1CCS(=O)(=O)C1)Cc1cccc(F)c1. The summed E-state index contributed by atoms with van der Waals surface area (Å²) in [4.78, 5) is 16.7. The first-order chi connectivity index (χ1) is 12.3. The van der Waals surface area contributed by atoms with E-state index in [0.717, 1.165) is 31.2 Å². The third-order valence-electron chi connectivity index (χ3n) is 5.35. The maximum Gasteiger partial charge on any atom is 0.237 e. The van der Waals surface area contributed by atoms with E-state index in [2.05, 4.69) is 0 Å². The van der Waals surface area contributed by atoms with Crippen molar-refractivity contribution in [2.45, 2.75) is 50.7 Å². The Morgan fingerprint density at radius 2 is 1.92 bits per heavy atom. The van der Waals surface area contributed by atoms with Crippen LogP contribution in [0, 0.1) is 5.82 Å². The topological polar surface area (TPSA) is 57.7 Å². The summed E-state index contributed by atoms with van der Waals surface area (Å²) in [5, 5.41) is 0. The smallest absolute Gasteiger partial charge is 0.237 e. The first-order valence-electron chi connectivity index (χ1n) is 9.28. The van der Waals surface area contributed by atoms with Crippen molar-refractivity contribution in [2.24, 2.45) is 0 Å². The summed E-state index contributed by atoms with van der Waals surface area (Å²) in [6.45, 7) is 0.689. The average molecular weight is 383 g/mol. The Bertz CT molecular complexity index is 747. The van der Waals surface area contributed by atoms with Gasteiger partial charge in [-0.3, -0.25) is 9.69 Å². The Morgan fingerprint density at radius 3 is 2.54 bits per heavy atom. The van der Waals surface area contributed by atoms with Gasteiger partial charge in [-0.25, -0.2) is 12.8 Å². The van der Waals surface area contributed by atoms with Crippen LogP contribution in [0.25, 0.3) is 0 Å². The van der Waals surface area contributed by atoms with Gasteiger partial charge in [-0.15, -0.1) is 0 Å². The molecule has 1 aromatic rings. The van der Waals surface area contributed by atoms with E-state index in [4.69, 9.17) is 0 Å². The zero-order valence-corrected chi connectivity index (χ0v) is 16.0. The second kappa shape index (κ2) is 8.05. The highest BCUT2D eigenvalue weighted by Crippen LogP contribution is 2.29. The summed E-state index contributed by atoms with van der Waals surface area (Å²) in [6.07, 6.45) is 4.63. The van der Waals surface area contributed by atoms with Crippen molar-refractivity contribution >= 4 is 15.7 Å². The van der Waals surface area contributed by atoms with Crippen LogP contribution in [0.15, 0.2) is 24.3 Å². The molecule has 2 aliphatic rings. The van der Waals surface area contributed by atoms with Gasteiger partial charge in [0.25, 0.3) is 0 Å². The van der Waals surface area contributed by atoms with E-state index < -0.39 is 9.84 Å². The third kappa shape index (κ3) is 4.82. The Kier molecular flexibility index (Phi) is 5.97. The van der Waals surface area contributed by atoms with Crippen molar-refractivity contribution in [3.8, 4) is 0 Å². The molecule has 1 aliphatic heterocycles. The molecular weight excluding hydrogens is 355 g/mol. The maximum atomic E-state index is 13.3. The number of hydrogen-bond acceptors (Lipinski definition) is 4. The average Bonchev–Trinajstić information content (AvgIpc) is 3.17. The lowest BCUT2D eigenvalue weighted by atomic mass is 10.1. The fourth-order valence-electron chi connectivity index (χ4n) is 4.20. The molecule has 1 amide bonds. The quantitative estimate of drug-likeness (QED) is 0.757. The van der Waals surface area contributed by atoms with Gasteiger partial charge < -0.3 is 4.90 Å². The maximum absolute atomic E-state index is 13.3. The summed E-state index contributed by atoms with van der Waals surface area (Å²) < 4.78 is 37.1. The molecule has 26 heavy (non-hydrogen) atoms. The predicted octanol–water partition coefficient (Wildman–Crippen LogP) is 2.22. The molecule has 144 valence electrons. The number of amides is 1. The minimum absolute atomic E-state index is 0.0158. The molecule has 0 bridgehead atoms. The van der Waals surface area contributed by atoms with Crippen molar-refractivity contribution in [1.82, 2.24) is 9.80 Å². The summed E-state index contributed by atoms with van der Waals surface area (Å²) in [7, 11) is -1.20. The standard InChI is InChI=1S/C19H27FN2O3S/c1-21(12-15-5-4-6-16(20)11-15)13-19(23)22(17-7-2-3-8-17)18-9-10-26(24,25)14-18/h4-6,11,17-18H,2-3,7-10,12-14H2,1H3. The Labute approximate surface area is 155 Å². The van der Waals surface area contributed by atoms with E-state index in [-0.39, 0.29) is 41.9 Å². The number of hydrogen-bond donors (Lipinski definition) is 0. The van der Waals surface area contributed by atoms with Crippen LogP contribution in [0.2, 0.25) is 0 Å². The monoisotopic (exact) mass is 382 g/mol. The molecule has 3 rings (SSSR count). The molecule has 0 N–H and O–H groups in total. The molecule has 0 radical (unpaired) electrons. The number of sulfone groups is 1. The van der Waals surface area contributed by atoms with Crippen molar-refractivity contribution in [3.05, 3.63) is 35.6 Å². The van der Waals surface area contributed by atoms with E-state index >= 15 is 0 Å². The van der Waals surface area contributed by atoms with Crippen LogP contribution in [-0.4, -0.2) is 61.3 Å². The number of carbonyl (C=O) groups is 1. The van der Waals surface area contributed by atoms with Gasteiger partial charge in [-0.05, 0) is 44.0 Å². The van der Waals surface area contributed by atoms with Crippen LogP contribution >= 0.6 is 0 Å². The predicted molar refractivity (Wildman–Crippen MR) is 98.9 cm³/mol. The van der Waals surface area contributed by atoms with Crippen LogP contribution in [0.5, 0.6) is 0 Å². The molecule has 0 aromatic heterocycles. The van der Waals surface area contributed by atoms with Crippen LogP contribution in [0.3, 0.4) is 0 Å². The minimum Gasteiger partial charge on any atom is -0.335 e. The number of rotatable bonds is 6. The zero-order chi connectivity index (χ0) is 18.7. The lowest BCUT2D eigenvalue weighted by molar-refractivity contribution is -0.136. The first-order valence-corrected chi connectivity index (χ1v) is 11.1. The van der Waals surface area contributed by atoms with E-state index in [1.807, 2.05) is 22.9 Å². The van der Waals surface area contributed by atoms with Crippen LogP contribution < -0.4 is 0 Å². The van der Waals surface area contributed by atoms with Gasteiger partial charge in [-0.1, -0.05) is 25.0 Å². The first kappa shape index (κ1) is 19.3. The third-order valence-corrected chi connectivity index (χ3v) is 7.10. The number of likely N-dealkylation sites (N-methyl/N-ethyl adjacent to an activating group) is 1. The highest BCUT2D eigenvalue weighted by atomic mass is 32.2. The second-order valence-corrected chi connectivity index (χ2v) is 9.83. The molecule has 2 fully saturated rings. The lowest BCUT2D eigenvalue weighted by Crippen LogP contribution is -2.50. The van der Waals surface area contributed by atoms with Crippen molar-refractivity contribution in [1.29, 1.82) is 0 Å². The van der Waals surface area contributed by atoms with Gasteiger partial charge in [0.15, 0.2) is 9.84 Å². The summed E-state index contributed by atoms with van der Waals surface area (Å²) >= 11 is 0. The Hall–Kier alpha value is -1.47. The van der Waals surface area contributed by atoms with Gasteiger partial charge in [0, 0.05) is 18.6 Å². The Morgan fingerprint density at radius 1 is 1.19 bits per heavy atom. The largest absolute Gasteiger partial charge is 0.335 e. The highest BCUT2D eigenvalue weighted by Gasteiger charge is 2.39. The summed E-state index contributed by atoms with van der Waals surface area (Å²) in [5.41, 5.74) is 0.816.